The fraction of sp³-hybridized carbons (Fsp3) is 0.417. The van der Waals surface area contributed by atoms with Gasteiger partial charge in [-0.25, -0.2) is 13.1 Å². The van der Waals surface area contributed by atoms with Gasteiger partial charge in [0, 0.05) is 6.07 Å². The molecule has 108 valence electrons. The van der Waals surface area contributed by atoms with E-state index in [2.05, 4.69) is 21.0 Å². The fourth-order valence-corrected chi connectivity index (χ4v) is 4.98. The van der Waals surface area contributed by atoms with E-state index < -0.39 is 15.4 Å². The minimum absolute atomic E-state index is 0.0627. The first kappa shape index (κ1) is 13.7. The highest BCUT2D eigenvalue weighted by atomic mass is 79.9. The van der Waals surface area contributed by atoms with Crippen LogP contribution in [0.25, 0.3) is 11.5 Å². The molecule has 1 aliphatic rings. The summed E-state index contributed by atoms with van der Waals surface area (Å²) in [6.07, 6.45) is 0.516. The van der Waals surface area contributed by atoms with Crippen LogP contribution in [0, 0.1) is 0 Å². The van der Waals surface area contributed by atoms with E-state index in [4.69, 9.17) is 10.2 Å². The SMILES string of the molecule is CC1(n2nc(-c3ccc(Br)o3)cc2N)CCS(=O)(=O)C1. The molecule has 1 unspecified atom stereocenters. The number of aromatic nitrogens is 2. The van der Waals surface area contributed by atoms with Crippen molar-refractivity contribution >= 4 is 31.6 Å². The molecule has 2 aromatic rings. The topological polar surface area (TPSA) is 91.1 Å². The third kappa shape index (κ3) is 2.26. The number of anilines is 1. The average molecular weight is 360 g/mol. The minimum atomic E-state index is -3.02. The highest BCUT2D eigenvalue weighted by Gasteiger charge is 2.41. The summed E-state index contributed by atoms with van der Waals surface area (Å²) >= 11 is 3.23. The fourth-order valence-electron chi connectivity index (χ4n) is 2.56. The number of sulfone groups is 1. The normalized spacial score (nSPS) is 25.1. The molecule has 1 aliphatic heterocycles. The monoisotopic (exact) mass is 359 g/mol. The Bertz CT molecular complexity index is 765. The molecular weight excluding hydrogens is 346 g/mol. The Balaban J connectivity index is 2.02. The zero-order valence-electron chi connectivity index (χ0n) is 10.8. The Hall–Kier alpha value is -1.28. The first-order valence-electron chi connectivity index (χ1n) is 6.11. The summed E-state index contributed by atoms with van der Waals surface area (Å²) in [6.45, 7) is 1.86. The summed E-state index contributed by atoms with van der Waals surface area (Å²) in [4.78, 5) is 0. The van der Waals surface area contributed by atoms with Gasteiger partial charge >= 0.3 is 0 Å². The van der Waals surface area contributed by atoms with Gasteiger partial charge in [0.05, 0.1) is 17.0 Å². The molecule has 0 aromatic carbocycles. The van der Waals surface area contributed by atoms with E-state index in [0.29, 0.717) is 28.4 Å². The second-order valence-electron chi connectivity index (χ2n) is 5.31. The molecule has 0 spiro atoms. The van der Waals surface area contributed by atoms with Crippen LogP contribution in [0.5, 0.6) is 0 Å². The summed E-state index contributed by atoms with van der Waals surface area (Å²) in [5.74, 6) is 1.26. The molecule has 0 aliphatic carbocycles. The predicted octanol–water partition coefficient (Wildman–Crippen LogP) is 2.02. The third-order valence-corrected chi connectivity index (χ3v) is 5.87. The highest BCUT2D eigenvalue weighted by molar-refractivity contribution is 9.10. The summed E-state index contributed by atoms with van der Waals surface area (Å²) in [6, 6.07) is 5.25. The zero-order chi connectivity index (χ0) is 14.5. The summed E-state index contributed by atoms with van der Waals surface area (Å²) in [5.41, 5.74) is 6.00. The van der Waals surface area contributed by atoms with Gasteiger partial charge in [-0.1, -0.05) is 0 Å². The Labute approximate surface area is 125 Å². The number of nitrogen functional groups attached to an aromatic ring is 1. The van der Waals surface area contributed by atoms with Crippen molar-refractivity contribution in [1.82, 2.24) is 9.78 Å². The summed E-state index contributed by atoms with van der Waals surface area (Å²) in [7, 11) is -3.02. The van der Waals surface area contributed by atoms with Crippen molar-refractivity contribution in [3.63, 3.8) is 0 Å². The first-order valence-corrected chi connectivity index (χ1v) is 8.73. The number of hydrogen-bond donors (Lipinski definition) is 1. The van der Waals surface area contributed by atoms with Crippen LogP contribution in [0.2, 0.25) is 0 Å². The molecule has 3 heterocycles. The Kier molecular flexibility index (Phi) is 2.98. The number of rotatable bonds is 2. The molecule has 0 amide bonds. The molecule has 2 aromatic heterocycles. The zero-order valence-corrected chi connectivity index (χ0v) is 13.2. The largest absolute Gasteiger partial charge is 0.448 e. The van der Waals surface area contributed by atoms with Gasteiger partial charge < -0.3 is 10.2 Å². The molecule has 0 radical (unpaired) electrons. The summed E-state index contributed by atoms with van der Waals surface area (Å²) in [5, 5.41) is 4.43. The second kappa shape index (κ2) is 4.36. The Morgan fingerprint density at radius 2 is 2.25 bits per heavy atom. The number of nitrogens with two attached hydrogens (primary N) is 1. The number of nitrogens with zero attached hydrogens (tertiary/aromatic N) is 2. The average Bonchev–Trinajstić information content (AvgIpc) is 2.99. The van der Waals surface area contributed by atoms with Gasteiger partial charge in [0.2, 0.25) is 0 Å². The van der Waals surface area contributed by atoms with Crippen LogP contribution in [0.4, 0.5) is 5.82 Å². The van der Waals surface area contributed by atoms with Gasteiger partial charge in [0.15, 0.2) is 20.3 Å². The maximum absolute atomic E-state index is 11.7. The van der Waals surface area contributed by atoms with Crippen molar-refractivity contribution in [2.45, 2.75) is 18.9 Å². The molecule has 1 atom stereocenters. The van der Waals surface area contributed by atoms with Gasteiger partial charge in [-0.2, -0.15) is 5.10 Å². The van der Waals surface area contributed by atoms with Crippen LogP contribution in [0.15, 0.2) is 27.3 Å². The van der Waals surface area contributed by atoms with Crippen LogP contribution < -0.4 is 5.73 Å². The van der Waals surface area contributed by atoms with Crippen molar-refractivity contribution in [2.24, 2.45) is 0 Å². The van der Waals surface area contributed by atoms with Gasteiger partial charge in [-0.3, -0.25) is 0 Å². The van der Waals surface area contributed by atoms with Crippen molar-refractivity contribution < 1.29 is 12.8 Å². The van der Waals surface area contributed by atoms with Crippen LogP contribution in [0.3, 0.4) is 0 Å². The molecule has 8 heteroatoms. The van der Waals surface area contributed by atoms with Crippen LogP contribution in [-0.2, 0) is 15.4 Å². The van der Waals surface area contributed by atoms with Crippen molar-refractivity contribution in [3.05, 3.63) is 22.9 Å². The molecule has 2 N–H and O–H groups in total. The molecule has 20 heavy (non-hydrogen) atoms. The maximum atomic E-state index is 11.7. The first-order chi connectivity index (χ1) is 9.29. The predicted molar refractivity (Wildman–Crippen MR) is 79.0 cm³/mol. The lowest BCUT2D eigenvalue weighted by molar-refractivity contribution is 0.334. The molecule has 3 rings (SSSR count). The van der Waals surface area contributed by atoms with E-state index in [1.54, 1.807) is 22.9 Å². The van der Waals surface area contributed by atoms with Crippen LogP contribution in [0.1, 0.15) is 13.3 Å². The molecular formula is C12H14BrN3O3S. The minimum Gasteiger partial charge on any atom is -0.448 e. The lowest BCUT2D eigenvalue weighted by Gasteiger charge is -2.23. The van der Waals surface area contributed by atoms with Gasteiger partial charge in [-0.05, 0) is 41.4 Å². The van der Waals surface area contributed by atoms with Crippen molar-refractivity contribution in [3.8, 4) is 11.5 Å². The van der Waals surface area contributed by atoms with Gasteiger partial charge in [0.25, 0.3) is 0 Å². The molecule has 1 saturated heterocycles. The van der Waals surface area contributed by atoms with E-state index in [0.717, 1.165) is 0 Å². The van der Waals surface area contributed by atoms with E-state index >= 15 is 0 Å². The van der Waals surface area contributed by atoms with Crippen LogP contribution >= 0.6 is 15.9 Å². The lowest BCUT2D eigenvalue weighted by Crippen LogP contribution is -2.33. The summed E-state index contributed by atoms with van der Waals surface area (Å²) < 4.78 is 31.1. The number of halogens is 1. The van der Waals surface area contributed by atoms with Crippen molar-refractivity contribution in [1.29, 1.82) is 0 Å². The van der Waals surface area contributed by atoms with E-state index in [1.165, 1.54) is 0 Å². The van der Waals surface area contributed by atoms with Crippen molar-refractivity contribution in [2.75, 3.05) is 17.2 Å². The van der Waals surface area contributed by atoms with E-state index in [9.17, 15) is 8.42 Å². The van der Waals surface area contributed by atoms with E-state index in [1.807, 2.05) is 6.92 Å². The Morgan fingerprint density at radius 1 is 1.50 bits per heavy atom. The second-order valence-corrected chi connectivity index (χ2v) is 8.27. The molecule has 0 saturated carbocycles. The van der Waals surface area contributed by atoms with Gasteiger partial charge in [0.1, 0.15) is 11.5 Å². The smallest absolute Gasteiger partial charge is 0.169 e. The molecule has 1 fully saturated rings. The molecule has 0 bridgehead atoms. The standard InChI is InChI=1S/C12H14BrN3O3S/c1-12(4-5-20(17,18)7-12)16-11(14)6-8(15-16)9-2-3-10(13)19-9/h2-3,6H,4-5,7,14H2,1H3. The quantitative estimate of drug-likeness (QED) is 0.885. The lowest BCUT2D eigenvalue weighted by atomic mass is 10.0. The maximum Gasteiger partial charge on any atom is 0.169 e. The van der Waals surface area contributed by atoms with Gasteiger partial charge in [-0.15, -0.1) is 0 Å². The molecule has 6 nitrogen and oxygen atoms in total. The van der Waals surface area contributed by atoms with Crippen LogP contribution in [-0.4, -0.2) is 29.7 Å². The van der Waals surface area contributed by atoms with E-state index in [-0.39, 0.29) is 11.5 Å². The third-order valence-electron chi connectivity index (χ3n) is 3.56. The Morgan fingerprint density at radius 3 is 2.80 bits per heavy atom. The highest BCUT2D eigenvalue weighted by Crippen LogP contribution is 2.34. The number of hydrogen-bond acceptors (Lipinski definition) is 5. The number of furan rings is 1.